The molecule has 116 valence electrons. The number of carbonyl (C=O) groups is 1. The molecule has 1 unspecified atom stereocenters. The molecule has 1 aromatic carbocycles. The van der Waals surface area contributed by atoms with Gasteiger partial charge in [-0.3, -0.25) is 0 Å². The minimum absolute atomic E-state index is 0.192. The summed E-state index contributed by atoms with van der Waals surface area (Å²) in [5.41, 5.74) is 8.45. The van der Waals surface area contributed by atoms with Gasteiger partial charge in [-0.1, -0.05) is 29.8 Å². The number of carbonyl (C=O) groups excluding carboxylic acids is 1. The van der Waals surface area contributed by atoms with E-state index in [1.807, 2.05) is 38.1 Å². The van der Waals surface area contributed by atoms with E-state index in [4.69, 9.17) is 10.5 Å². The van der Waals surface area contributed by atoms with E-state index in [1.54, 1.807) is 12.1 Å². The van der Waals surface area contributed by atoms with Crippen molar-refractivity contribution in [2.45, 2.75) is 26.0 Å². The lowest BCUT2D eigenvalue weighted by Crippen LogP contribution is -2.29. The van der Waals surface area contributed by atoms with E-state index in [-0.39, 0.29) is 17.8 Å². The smallest absolute Gasteiger partial charge is 0.356 e. The molecule has 5 heteroatoms. The Morgan fingerprint density at radius 2 is 1.86 bits per heavy atom. The van der Waals surface area contributed by atoms with Gasteiger partial charge in [-0.2, -0.15) is 0 Å². The molecule has 1 heterocycles. The first-order valence-electron chi connectivity index (χ1n) is 7.04. The van der Waals surface area contributed by atoms with E-state index in [1.165, 1.54) is 18.9 Å². The molecule has 0 radical (unpaired) electrons. The Hall–Kier alpha value is -2.40. The van der Waals surface area contributed by atoms with E-state index in [9.17, 15) is 4.79 Å². The first kappa shape index (κ1) is 16.0. The molecule has 0 saturated heterocycles. The number of aromatic nitrogens is 1. The van der Waals surface area contributed by atoms with Crippen molar-refractivity contribution in [3.63, 3.8) is 0 Å². The standard InChI is InChI=1S/C17H20N2O3/c1-11-4-6-13(7-5-11)16(12(2)18)22-14-8-9-15(19-10-14)17(20)21-3/h4-10,12,16H,18H2,1-3H3/t12?,16-/m0/s1. The predicted molar refractivity (Wildman–Crippen MR) is 83.8 cm³/mol. The highest BCUT2D eigenvalue weighted by Gasteiger charge is 2.18. The molecule has 0 aliphatic heterocycles. The fraction of sp³-hybridized carbons (Fsp3) is 0.294. The van der Waals surface area contributed by atoms with Crippen molar-refractivity contribution in [2.75, 3.05) is 7.11 Å². The molecule has 2 rings (SSSR count). The lowest BCUT2D eigenvalue weighted by atomic mass is 10.0. The van der Waals surface area contributed by atoms with Gasteiger partial charge >= 0.3 is 5.97 Å². The maximum absolute atomic E-state index is 11.4. The quantitative estimate of drug-likeness (QED) is 0.859. The third-order valence-electron chi connectivity index (χ3n) is 3.28. The Morgan fingerprint density at radius 1 is 1.18 bits per heavy atom. The van der Waals surface area contributed by atoms with Crippen LogP contribution >= 0.6 is 0 Å². The number of pyridine rings is 1. The monoisotopic (exact) mass is 300 g/mol. The molecule has 2 N–H and O–H groups in total. The minimum Gasteiger partial charge on any atom is -0.482 e. The van der Waals surface area contributed by atoms with Crippen LogP contribution in [0.4, 0.5) is 0 Å². The predicted octanol–water partition coefficient (Wildman–Crippen LogP) is 2.64. The number of ether oxygens (including phenoxy) is 2. The zero-order chi connectivity index (χ0) is 16.1. The zero-order valence-electron chi connectivity index (χ0n) is 12.9. The average molecular weight is 300 g/mol. The largest absolute Gasteiger partial charge is 0.482 e. The van der Waals surface area contributed by atoms with Crippen molar-refractivity contribution >= 4 is 5.97 Å². The Labute approximate surface area is 130 Å². The number of esters is 1. The summed E-state index contributed by atoms with van der Waals surface area (Å²) in [6.07, 6.45) is 1.21. The van der Waals surface area contributed by atoms with Crippen LogP contribution < -0.4 is 10.5 Å². The first-order chi connectivity index (χ1) is 10.5. The number of nitrogens with two attached hydrogens (primary N) is 1. The number of hydrogen-bond acceptors (Lipinski definition) is 5. The summed E-state index contributed by atoms with van der Waals surface area (Å²) in [6, 6.07) is 11.1. The van der Waals surface area contributed by atoms with Crippen molar-refractivity contribution in [1.29, 1.82) is 0 Å². The molecule has 0 bridgehead atoms. The number of benzene rings is 1. The van der Waals surface area contributed by atoms with E-state index in [2.05, 4.69) is 9.72 Å². The molecule has 0 aliphatic carbocycles. The minimum atomic E-state index is -0.478. The van der Waals surface area contributed by atoms with Gasteiger partial charge in [0.1, 0.15) is 17.5 Å². The van der Waals surface area contributed by atoms with Crippen LogP contribution in [0.5, 0.6) is 5.75 Å². The summed E-state index contributed by atoms with van der Waals surface area (Å²) >= 11 is 0. The molecule has 2 aromatic rings. The third kappa shape index (κ3) is 3.83. The maximum atomic E-state index is 11.4. The molecule has 1 aromatic heterocycles. The van der Waals surface area contributed by atoms with Gasteiger partial charge in [0.25, 0.3) is 0 Å². The van der Waals surface area contributed by atoms with Crippen LogP contribution in [0.3, 0.4) is 0 Å². The highest BCUT2D eigenvalue weighted by molar-refractivity contribution is 5.87. The van der Waals surface area contributed by atoms with Crippen LogP contribution in [0.2, 0.25) is 0 Å². The number of aryl methyl sites for hydroxylation is 1. The van der Waals surface area contributed by atoms with E-state index in [0.29, 0.717) is 5.75 Å². The highest BCUT2D eigenvalue weighted by atomic mass is 16.5. The molecular weight excluding hydrogens is 280 g/mol. The van der Waals surface area contributed by atoms with Crippen LogP contribution in [0.25, 0.3) is 0 Å². The van der Waals surface area contributed by atoms with Crippen molar-refractivity contribution in [3.05, 3.63) is 59.4 Å². The van der Waals surface area contributed by atoms with Crippen LogP contribution in [0.15, 0.2) is 42.6 Å². The SMILES string of the molecule is COC(=O)c1ccc(O[C@H](c2ccc(C)cc2)C(C)N)cn1. The summed E-state index contributed by atoms with van der Waals surface area (Å²) < 4.78 is 10.5. The molecular formula is C17H20N2O3. The normalized spacial score (nSPS) is 13.3. The van der Waals surface area contributed by atoms with Crippen LogP contribution in [-0.4, -0.2) is 24.1 Å². The fourth-order valence-corrected chi connectivity index (χ4v) is 2.06. The molecule has 0 aliphatic rings. The molecule has 0 fully saturated rings. The van der Waals surface area contributed by atoms with Gasteiger partial charge in [0.2, 0.25) is 0 Å². The first-order valence-corrected chi connectivity index (χ1v) is 7.04. The van der Waals surface area contributed by atoms with Crippen molar-refractivity contribution in [3.8, 4) is 5.75 Å². The Morgan fingerprint density at radius 3 is 2.36 bits per heavy atom. The third-order valence-corrected chi connectivity index (χ3v) is 3.28. The van der Waals surface area contributed by atoms with Crippen LogP contribution in [-0.2, 0) is 4.74 Å². The number of rotatable bonds is 5. The summed E-state index contributed by atoms with van der Waals surface area (Å²) in [6.45, 7) is 3.92. The van der Waals surface area contributed by atoms with Crippen molar-refractivity contribution in [1.82, 2.24) is 4.98 Å². The summed E-state index contributed by atoms with van der Waals surface area (Å²) in [5, 5.41) is 0. The highest BCUT2D eigenvalue weighted by Crippen LogP contribution is 2.24. The van der Waals surface area contributed by atoms with Gasteiger partial charge in [-0.05, 0) is 31.5 Å². The average Bonchev–Trinajstić information content (AvgIpc) is 2.53. The second-order valence-electron chi connectivity index (χ2n) is 5.18. The van der Waals surface area contributed by atoms with Crippen molar-refractivity contribution < 1.29 is 14.3 Å². The number of hydrogen-bond donors (Lipinski definition) is 1. The van der Waals surface area contributed by atoms with Crippen LogP contribution in [0.1, 0.15) is 34.6 Å². The lowest BCUT2D eigenvalue weighted by Gasteiger charge is -2.23. The lowest BCUT2D eigenvalue weighted by molar-refractivity contribution is 0.0594. The molecule has 22 heavy (non-hydrogen) atoms. The molecule has 5 nitrogen and oxygen atoms in total. The molecule has 2 atom stereocenters. The molecule has 0 amide bonds. The van der Waals surface area contributed by atoms with Gasteiger partial charge in [0.05, 0.1) is 13.3 Å². The van der Waals surface area contributed by atoms with Gasteiger partial charge in [-0.25, -0.2) is 9.78 Å². The summed E-state index contributed by atoms with van der Waals surface area (Å²) in [7, 11) is 1.32. The molecule has 0 spiro atoms. The number of nitrogens with zero attached hydrogens (tertiary/aromatic N) is 1. The van der Waals surface area contributed by atoms with Crippen LogP contribution in [0, 0.1) is 6.92 Å². The Bertz CT molecular complexity index is 621. The second-order valence-corrected chi connectivity index (χ2v) is 5.18. The van der Waals surface area contributed by atoms with E-state index < -0.39 is 5.97 Å². The number of methoxy groups -OCH3 is 1. The van der Waals surface area contributed by atoms with E-state index in [0.717, 1.165) is 5.56 Å². The summed E-state index contributed by atoms with van der Waals surface area (Å²) in [5.74, 6) is 0.0735. The van der Waals surface area contributed by atoms with Gasteiger partial charge in [0, 0.05) is 6.04 Å². The fourth-order valence-electron chi connectivity index (χ4n) is 2.06. The topological polar surface area (TPSA) is 74.4 Å². The molecule has 0 saturated carbocycles. The Kier molecular flexibility index (Phi) is 5.12. The van der Waals surface area contributed by atoms with Gasteiger partial charge < -0.3 is 15.2 Å². The van der Waals surface area contributed by atoms with Gasteiger partial charge in [0.15, 0.2) is 0 Å². The Balaban J connectivity index is 2.17. The maximum Gasteiger partial charge on any atom is 0.356 e. The second kappa shape index (κ2) is 7.04. The van der Waals surface area contributed by atoms with Crippen molar-refractivity contribution in [2.24, 2.45) is 5.73 Å². The van der Waals surface area contributed by atoms with Gasteiger partial charge in [-0.15, -0.1) is 0 Å². The zero-order valence-corrected chi connectivity index (χ0v) is 12.9. The van der Waals surface area contributed by atoms with E-state index >= 15 is 0 Å². The summed E-state index contributed by atoms with van der Waals surface area (Å²) in [4.78, 5) is 15.4.